The lowest BCUT2D eigenvalue weighted by molar-refractivity contribution is -0.145. The summed E-state index contributed by atoms with van der Waals surface area (Å²) in [5.41, 5.74) is 2.58. The number of carbonyl (C=O) groups is 1. The molecule has 4 nitrogen and oxygen atoms in total. The van der Waals surface area contributed by atoms with Crippen molar-refractivity contribution < 1.29 is 9.53 Å². The number of ether oxygens (including phenoxy) is 1. The number of methoxy groups -OCH3 is 1. The van der Waals surface area contributed by atoms with Crippen molar-refractivity contribution >= 4 is 5.97 Å². The minimum absolute atomic E-state index is 0.0633. The summed E-state index contributed by atoms with van der Waals surface area (Å²) in [6.45, 7) is 8.58. The number of esters is 1. The second-order valence-corrected chi connectivity index (χ2v) is 6.77. The van der Waals surface area contributed by atoms with Crippen LogP contribution in [0.1, 0.15) is 51.3 Å². The van der Waals surface area contributed by atoms with Crippen molar-refractivity contribution in [1.29, 1.82) is 0 Å². The molecule has 0 aliphatic carbocycles. The normalized spacial score (nSPS) is 16.9. The molecule has 24 heavy (non-hydrogen) atoms. The van der Waals surface area contributed by atoms with Crippen molar-refractivity contribution in [1.82, 2.24) is 9.88 Å². The summed E-state index contributed by atoms with van der Waals surface area (Å²) in [6, 6.07) is 4.24. The van der Waals surface area contributed by atoms with Crippen LogP contribution in [0.25, 0.3) is 0 Å². The maximum absolute atomic E-state index is 11.2. The first-order valence-electron chi connectivity index (χ1n) is 9.20. The molecule has 0 radical (unpaired) electrons. The molecule has 0 spiro atoms. The van der Waals surface area contributed by atoms with Gasteiger partial charge in [0, 0.05) is 11.9 Å². The maximum Gasteiger partial charge on any atom is 0.308 e. The molecule has 136 valence electrons. The molecule has 2 rings (SSSR count). The van der Waals surface area contributed by atoms with Gasteiger partial charge < -0.3 is 9.64 Å². The smallest absolute Gasteiger partial charge is 0.308 e. The highest BCUT2D eigenvalue weighted by Crippen LogP contribution is 2.23. The van der Waals surface area contributed by atoms with Crippen molar-refractivity contribution in [2.24, 2.45) is 11.8 Å². The fourth-order valence-corrected chi connectivity index (χ4v) is 3.04. The quantitative estimate of drug-likeness (QED) is 0.770. The largest absolute Gasteiger partial charge is 0.469 e. The zero-order valence-electron chi connectivity index (χ0n) is 16.0. The van der Waals surface area contributed by atoms with E-state index in [1.54, 1.807) is 0 Å². The first-order valence-corrected chi connectivity index (χ1v) is 9.20. The van der Waals surface area contributed by atoms with Crippen molar-refractivity contribution in [3.63, 3.8) is 0 Å². The molecule has 1 saturated heterocycles. The topological polar surface area (TPSA) is 42.4 Å². The lowest BCUT2D eigenvalue weighted by Gasteiger charge is -2.29. The van der Waals surface area contributed by atoms with E-state index in [2.05, 4.69) is 42.9 Å². The standard InChI is InChI=1S/C11H21NO2.C9H13N/c1-9(11(13)14-3)8-10-4-6-12(2)7-5-10;1-3-8-5-6-10-9(4-2)7-8/h9-10H,4-8H2,1-3H3;5-7H,3-4H2,1-2H3. The number of nitrogens with zero attached hydrogens (tertiary/aromatic N) is 2. The molecule has 0 amide bonds. The van der Waals surface area contributed by atoms with Gasteiger partial charge in [-0.2, -0.15) is 0 Å². The van der Waals surface area contributed by atoms with E-state index in [4.69, 9.17) is 4.74 Å². The van der Waals surface area contributed by atoms with Crippen LogP contribution < -0.4 is 0 Å². The molecule has 1 aromatic heterocycles. The maximum atomic E-state index is 11.2. The fraction of sp³-hybridized carbons (Fsp3) is 0.700. The molecule has 1 aliphatic heterocycles. The predicted molar refractivity (Wildman–Crippen MR) is 99.0 cm³/mol. The van der Waals surface area contributed by atoms with Gasteiger partial charge in [-0.25, -0.2) is 0 Å². The number of likely N-dealkylation sites (tertiary alicyclic amines) is 1. The molecule has 4 heteroatoms. The molecule has 1 unspecified atom stereocenters. The average Bonchev–Trinajstić information content (AvgIpc) is 2.63. The second kappa shape index (κ2) is 11.2. The Kier molecular flexibility index (Phi) is 9.62. The number of piperidine rings is 1. The molecule has 0 saturated carbocycles. The van der Waals surface area contributed by atoms with Crippen molar-refractivity contribution in [3.05, 3.63) is 29.6 Å². The lowest BCUT2D eigenvalue weighted by atomic mass is 9.88. The number of carbonyl (C=O) groups excluding carboxylic acids is 1. The van der Waals surface area contributed by atoms with Crippen LogP contribution in [0.5, 0.6) is 0 Å². The summed E-state index contributed by atoms with van der Waals surface area (Å²) in [4.78, 5) is 17.8. The van der Waals surface area contributed by atoms with Gasteiger partial charge in [0.15, 0.2) is 0 Å². The molecule has 0 bridgehead atoms. The summed E-state index contributed by atoms with van der Waals surface area (Å²) in [6.07, 6.45) is 7.46. The van der Waals surface area contributed by atoms with Crippen LogP contribution >= 0.6 is 0 Å². The van der Waals surface area contributed by atoms with Crippen LogP contribution in [0.4, 0.5) is 0 Å². The number of pyridine rings is 1. The van der Waals surface area contributed by atoms with E-state index in [-0.39, 0.29) is 11.9 Å². The van der Waals surface area contributed by atoms with Crippen LogP contribution in [0.15, 0.2) is 18.3 Å². The van der Waals surface area contributed by atoms with Gasteiger partial charge in [0.25, 0.3) is 0 Å². The first kappa shape index (κ1) is 20.6. The molecule has 1 aliphatic rings. The van der Waals surface area contributed by atoms with Crippen molar-refractivity contribution in [3.8, 4) is 0 Å². The van der Waals surface area contributed by atoms with E-state index >= 15 is 0 Å². The SMILES string of the molecule is CCc1ccnc(CC)c1.COC(=O)C(C)CC1CCN(C)CC1. The van der Waals surface area contributed by atoms with Crippen LogP contribution in [0.2, 0.25) is 0 Å². The molecule has 0 N–H and O–H groups in total. The highest BCUT2D eigenvalue weighted by Gasteiger charge is 2.22. The molecule has 1 aromatic rings. The van der Waals surface area contributed by atoms with Gasteiger partial charge in [0.05, 0.1) is 13.0 Å². The van der Waals surface area contributed by atoms with Gasteiger partial charge in [0.2, 0.25) is 0 Å². The third-order valence-electron chi connectivity index (χ3n) is 4.78. The molecular formula is C20H34N2O2. The van der Waals surface area contributed by atoms with Crippen LogP contribution in [0.3, 0.4) is 0 Å². The molecule has 1 fully saturated rings. The van der Waals surface area contributed by atoms with Gasteiger partial charge in [0.1, 0.15) is 0 Å². The Morgan fingerprint density at radius 3 is 2.54 bits per heavy atom. The Morgan fingerprint density at radius 1 is 1.33 bits per heavy atom. The highest BCUT2D eigenvalue weighted by molar-refractivity contribution is 5.71. The van der Waals surface area contributed by atoms with Crippen LogP contribution in [-0.4, -0.2) is 43.1 Å². The molecule has 0 aromatic carbocycles. The van der Waals surface area contributed by atoms with Gasteiger partial charge in [-0.15, -0.1) is 0 Å². The van der Waals surface area contributed by atoms with Crippen molar-refractivity contribution in [2.75, 3.05) is 27.2 Å². The summed E-state index contributed by atoms with van der Waals surface area (Å²) in [5, 5.41) is 0. The fourth-order valence-electron chi connectivity index (χ4n) is 3.04. The third kappa shape index (κ3) is 7.43. The number of rotatable bonds is 5. The van der Waals surface area contributed by atoms with Gasteiger partial charge in [-0.1, -0.05) is 20.8 Å². The Balaban J connectivity index is 0.000000254. The molecule has 1 atom stereocenters. The Bertz CT molecular complexity index is 463. The van der Waals surface area contributed by atoms with E-state index in [0.29, 0.717) is 5.92 Å². The second-order valence-electron chi connectivity index (χ2n) is 6.77. The first-order chi connectivity index (χ1) is 11.5. The van der Waals surface area contributed by atoms with E-state index < -0.39 is 0 Å². The minimum atomic E-state index is -0.0658. The Hall–Kier alpha value is -1.42. The van der Waals surface area contributed by atoms with E-state index in [1.807, 2.05) is 13.1 Å². The van der Waals surface area contributed by atoms with Crippen molar-refractivity contribution in [2.45, 2.75) is 52.9 Å². The Morgan fingerprint density at radius 2 is 2.00 bits per heavy atom. The average molecular weight is 335 g/mol. The van der Waals surface area contributed by atoms with E-state index in [0.717, 1.165) is 19.3 Å². The Labute approximate surface area is 147 Å². The summed E-state index contributed by atoms with van der Waals surface area (Å²) in [7, 11) is 3.62. The van der Waals surface area contributed by atoms with Gasteiger partial charge >= 0.3 is 5.97 Å². The number of hydrogen-bond acceptors (Lipinski definition) is 4. The van der Waals surface area contributed by atoms with E-state index in [9.17, 15) is 4.79 Å². The summed E-state index contributed by atoms with van der Waals surface area (Å²) >= 11 is 0. The monoisotopic (exact) mass is 334 g/mol. The number of aryl methyl sites for hydroxylation is 2. The van der Waals surface area contributed by atoms with E-state index in [1.165, 1.54) is 44.3 Å². The third-order valence-corrected chi connectivity index (χ3v) is 4.78. The molecular weight excluding hydrogens is 300 g/mol. The van der Waals surface area contributed by atoms with Crippen LogP contribution in [-0.2, 0) is 22.4 Å². The van der Waals surface area contributed by atoms with Gasteiger partial charge in [-0.3, -0.25) is 9.78 Å². The summed E-state index contributed by atoms with van der Waals surface area (Å²) < 4.78 is 4.73. The minimum Gasteiger partial charge on any atom is -0.469 e. The molecule has 2 heterocycles. The zero-order chi connectivity index (χ0) is 17.9. The van der Waals surface area contributed by atoms with Gasteiger partial charge in [-0.05, 0) is 75.9 Å². The summed E-state index contributed by atoms with van der Waals surface area (Å²) in [5.74, 6) is 0.706. The highest BCUT2D eigenvalue weighted by atomic mass is 16.5. The number of hydrogen-bond donors (Lipinski definition) is 0. The zero-order valence-corrected chi connectivity index (χ0v) is 16.0. The van der Waals surface area contributed by atoms with Crippen LogP contribution in [0, 0.1) is 11.8 Å². The lowest BCUT2D eigenvalue weighted by Crippen LogP contribution is -2.31. The predicted octanol–water partition coefficient (Wildman–Crippen LogP) is 3.73. The number of aromatic nitrogens is 1.